The van der Waals surface area contributed by atoms with Crippen molar-refractivity contribution in [1.29, 1.82) is 0 Å². The van der Waals surface area contributed by atoms with Gasteiger partial charge in [-0.1, -0.05) is 67.9 Å². The third-order valence-electron chi connectivity index (χ3n) is 5.53. The van der Waals surface area contributed by atoms with Crippen LogP contribution in [0.1, 0.15) is 42.0 Å². The van der Waals surface area contributed by atoms with E-state index in [-0.39, 0.29) is 11.8 Å². The molecule has 0 atom stereocenters. The fourth-order valence-corrected chi connectivity index (χ4v) is 3.74. The molecule has 0 fully saturated rings. The summed E-state index contributed by atoms with van der Waals surface area (Å²) in [5, 5.41) is 3.22. The first-order chi connectivity index (χ1) is 14.8. The Morgan fingerprint density at radius 2 is 1.45 bits per heavy atom. The number of nitrogens with zero attached hydrogens (tertiary/aromatic N) is 1. The van der Waals surface area contributed by atoms with Crippen molar-refractivity contribution < 1.29 is 9.59 Å². The van der Waals surface area contributed by atoms with Gasteiger partial charge in [0.25, 0.3) is 11.8 Å². The highest BCUT2D eigenvalue weighted by molar-refractivity contribution is 6.46. The largest absolute Gasteiger partial charge is 0.350 e. The highest BCUT2D eigenvalue weighted by Gasteiger charge is 2.40. The lowest BCUT2D eigenvalue weighted by Gasteiger charge is -2.16. The van der Waals surface area contributed by atoms with Crippen molar-refractivity contribution in [1.82, 2.24) is 0 Å². The number of nitrogens with one attached hydrogen (secondary N) is 1. The monoisotopic (exact) mass is 410 g/mol. The number of aryl methyl sites for hydroxylation is 2. The molecule has 1 N–H and O–H groups in total. The average molecular weight is 411 g/mol. The summed E-state index contributed by atoms with van der Waals surface area (Å²) in [5.41, 5.74) is 6.08. The van der Waals surface area contributed by atoms with Crippen LogP contribution in [0.4, 0.5) is 11.4 Å². The zero-order valence-corrected chi connectivity index (χ0v) is 18.3. The average Bonchev–Trinajstić information content (AvgIpc) is 2.98. The van der Waals surface area contributed by atoms with Crippen molar-refractivity contribution in [2.75, 3.05) is 10.2 Å². The molecule has 1 aliphatic heterocycles. The van der Waals surface area contributed by atoms with Gasteiger partial charge in [0.15, 0.2) is 0 Å². The number of imide groups is 1. The Kier molecular flexibility index (Phi) is 5.47. The van der Waals surface area contributed by atoms with Crippen molar-refractivity contribution in [3.63, 3.8) is 0 Å². The van der Waals surface area contributed by atoms with Crippen LogP contribution in [-0.2, 0) is 9.59 Å². The normalized spacial score (nSPS) is 14.0. The minimum absolute atomic E-state index is 0.299. The van der Waals surface area contributed by atoms with E-state index in [2.05, 4.69) is 19.2 Å². The van der Waals surface area contributed by atoms with E-state index in [1.807, 2.05) is 86.6 Å². The van der Waals surface area contributed by atoms with Crippen LogP contribution in [0, 0.1) is 13.8 Å². The van der Waals surface area contributed by atoms with Gasteiger partial charge in [-0.2, -0.15) is 0 Å². The molecule has 156 valence electrons. The molecule has 4 nitrogen and oxygen atoms in total. The second-order valence-electron chi connectivity index (χ2n) is 8.30. The lowest BCUT2D eigenvalue weighted by atomic mass is 10.0. The van der Waals surface area contributed by atoms with Crippen LogP contribution in [0.5, 0.6) is 0 Å². The van der Waals surface area contributed by atoms with E-state index in [1.54, 1.807) is 0 Å². The third-order valence-corrected chi connectivity index (χ3v) is 5.53. The summed E-state index contributed by atoms with van der Waals surface area (Å²) in [5.74, 6) is -0.292. The second-order valence-corrected chi connectivity index (χ2v) is 8.30. The highest BCUT2D eigenvalue weighted by atomic mass is 16.2. The van der Waals surface area contributed by atoms with Gasteiger partial charge in [0.2, 0.25) is 0 Å². The van der Waals surface area contributed by atoms with Crippen LogP contribution >= 0.6 is 0 Å². The van der Waals surface area contributed by atoms with Crippen molar-refractivity contribution >= 4 is 28.8 Å². The Morgan fingerprint density at radius 1 is 0.774 bits per heavy atom. The standard InChI is InChI=1S/C27H26N2O2/c1-17(2)20-12-14-23(15-13-20)29-26(30)24(21-10-8-18(3)9-11-21)25(27(29)31)28-22-7-5-6-19(4)16-22/h5-17,28H,1-4H3. The van der Waals surface area contributed by atoms with Crippen molar-refractivity contribution in [2.24, 2.45) is 0 Å². The molecular weight excluding hydrogens is 384 g/mol. The highest BCUT2D eigenvalue weighted by Crippen LogP contribution is 2.34. The maximum atomic E-state index is 13.5. The van der Waals surface area contributed by atoms with E-state index in [9.17, 15) is 9.59 Å². The van der Waals surface area contributed by atoms with E-state index < -0.39 is 0 Å². The quantitative estimate of drug-likeness (QED) is 0.539. The van der Waals surface area contributed by atoms with Gasteiger partial charge in [-0.15, -0.1) is 0 Å². The molecule has 3 aromatic rings. The van der Waals surface area contributed by atoms with Crippen LogP contribution in [-0.4, -0.2) is 11.8 Å². The number of benzene rings is 3. The minimum atomic E-state index is -0.348. The molecule has 4 heteroatoms. The van der Waals surface area contributed by atoms with Crippen molar-refractivity contribution in [3.05, 3.63) is 101 Å². The fourth-order valence-electron chi connectivity index (χ4n) is 3.74. The molecule has 0 saturated heterocycles. The summed E-state index contributed by atoms with van der Waals surface area (Å²) in [6, 6.07) is 23.1. The Balaban J connectivity index is 1.78. The lowest BCUT2D eigenvalue weighted by molar-refractivity contribution is -0.120. The second kappa shape index (κ2) is 8.23. The van der Waals surface area contributed by atoms with E-state index >= 15 is 0 Å². The first-order valence-corrected chi connectivity index (χ1v) is 10.5. The molecule has 1 aliphatic rings. The maximum Gasteiger partial charge on any atom is 0.282 e. The Bertz CT molecular complexity index is 1170. The Hall–Kier alpha value is -3.66. The van der Waals surface area contributed by atoms with Crippen LogP contribution in [0.15, 0.2) is 78.5 Å². The molecule has 0 aliphatic carbocycles. The molecule has 1 heterocycles. The van der Waals surface area contributed by atoms with E-state index in [0.29, 0.717) is 22.9 Å². The van der Waals surface area contributed by atoms with E-state index in [0.717, 1.165) is 27.9 Å². The lowest BCUT2D eigenvalue weighted by Crippen LogP contribution is -2.32. The maximum absolute atomic E-state index is 13.5. The number of anilines is 2. The number of amides is 2. The summed E-state index contributed by atoms with van der Waals surface area (Å²) in [6.45, 7) is 8.21. The molecule has 0 radical (unpaired) electrons. The van der Waals surface area contributed by atoms with Gasteiger partial charge >= 0.3 is 0 Å². The molecule has 4 rings (SSSR count). The predicted molar refractivity (Wildman–Crippen MR) is 126 cm³/mol. The molecule has 0 saturated carbocycles. The third kappa shape index (κ3) is 4.02. The van der Waals surface area contributed by atoms with Crippen LogP contribution in [0.25, 0.3) is 5.57 Å². The van der Waals surface area contributed by atoms with Crippen LogP contribution < -0.4 is 10.2 Å². The predicted octanol–water partition coefficient (Wildman–Crippen LogP) is 5.82. The van der Waals surface area contributed by atoms with Gasteiger partial charge in [-0.05, 0) is 60.7 Å². The summed E-state index contributed by atoms with van der Waals surface area (Å²) in [7, 11) is 0. The van der Waals surface area contributed by atoms with Gasteiger partial charge < -0.3 is 5.32 Å². The van der Waals surface area contributed by atoms with Crippen molar-refractivity contribution in [3.8, 4) is 0 Å². The molecule has 0 bridgehead atoms. The van der Waals surface area contributed by atoms with Gasteiger partial charge in [0.05, 0.1) is 11.3 Å². The summed E-state index contributed by atoms with van der Waals surface area (Å²) in [4.78, 5) is 28.2. The van der Waals surface area contributed by atoms with E-state index in [1.165, 1.54) is 4.90 Å². The number of rotatable bonds is 5. The zero-order chi connectivity index (χ0) is 22.1. The minimum Gasteiger partial charge on any atom is -0.350 e. The first kappa shape index (κ1) is 20.6. The Labute approximate surface area is 183 Å². The molecule has 2 amide bonds. The smallest absolute Gasteiger partial charge is 0.282 e. The number of hydrogen-bond donors (Lipinski definition) is 1. The van der Waals surface area contributed by atoms with Crippen LogP contribution in [0.2, 0.25) is 0 Å². The molecular formula is C27H26N2O2. The van der Waals surface area contributed by atoms with Gasteiger partial charge in [-0.3, -0.25) is 9.59 Å². The van der Waals surface area contributed by atoms with Gasteiger partial charge in [0, 0.05) is 5.69 Å². The molecule has 0 spiro atoms. The summed E-state index contributed by atoms with van der Waals surface area (Å²) < 4.78 is 0. The summed E-state index contributed by atoms with van der Waals surface area (Å²) >= 11 is 0. The molecule has 3 aromatic carbocycles. The first-order valence-electron chi connectivity index (χ1n) is 10.5. The number of carbonyl (C=O) groups is 2. The van der Waals surface area contributed by atoms with Gasteiger partial charge in [-0.25, -0.2) is 4.90 Å². The SMILES string of the molecule is Cc1ccc(C2=C(Nc3cccc(C)c3)C(=O)N(c3ccc(C(C)C)cc3)C2=O)cc1. The number of hydrogen-bond acceptors (Lipinski definition) is 3. The summed E-state index contributed by atoms with van der Waals surface area (Å²) in [6.07, 6.45) is 0. The van der Waals surface area contributed by atoms with Gasteiger partial charge in [0.1, 0.15) is 5.70 Å². The topological polar surface area (TPSA) is 49.4 Å². The van der Waals surface area contributed by atoms with E-state index in [4.69, 9.17) is 0 Å². The molecule has 0 unspecified atom stereocenters. The Morgan fingerprint density at radius 3 is 2.06 bits per heavy atom. The fraction of sp³-hybridized carbons (Fsp3) is 0.185. The molecule has 31 heavy (non-hydrogen) atoms. The number of carbonyl (C=O) groups excluding carboxylic acids is 2. The van der Waals surface area contributed by atoms with Crippen LogP contribution in [0.3, 0.4) is 0 Å². The van der Waals surface area contributed by atoms with Crippen molar-refractivity contribution in [2.45, 2.75) is 33.6 Å². The zero-order valence-electron chi connectivity index (χ0n) is 18.3. The molecule has 0 aromatic heterocycles.